The Morgan fingerprint density at radius 1 is 1.26 bits per heavy atom. The Labute approximate surface area is 136 Å². The number of benzene rings is 1. The highest BCUT2D eigenvalue weighted by Gasteiger charge is 2.25. The fraction of sp³-hybridized carbons (Fsp3) is 0.444. The van der Waals surface area contributed by atoms with Crippen molar-refractivity contribution >= 4 is 18.0 Å². The van der Waals surface area contributed by atoms with Gasteiger partial charge in [0.25, 0.3) is 0 Å². The highest BCUT2D eigenvalue weighted by atomic mass is 19.1. The fourth-order valence-corrected chi connectivity index (χ4v) is 1.89. The number of alkyl carbamates (subject to hydrolysis) is 1. The normalized spacial score (nSPS) is 13.2. The first-order valence-corrected chi connectivity index (χ1v) is 7.55. The number of carbonyl (C=O) groups excluding carboxylic acids is 2. The van der Waals surface area contributed by atoms with Crippen LogP contribution in [0.4, 0.5) is 9.18 Å². The third-order valence-electron chi connectivity index (χ3n) is 2.93. The third kappa shape index (κ3) is 7.08. The molecular formula is C18H24FNO3. The zero-order chi connectivity index (χ0) is 17.6. The Balaban J connectivity index is 2.77. The van der Waals surface area contributed by atoms with Crippen molar-refractivity contribution in [3.8, 4) is 0 Å². The maximum Gasteiger partial charge on any atom is 0.408 e. The van der Waals surface area contributed by atoms with Gasteiger partial charge in [-0.25, -0.2) is 9.18 Å². The summed E-state index contributed by atoms with van der Waals surface area (Å²) < 4.78 is 18.3. The molecule has 1 rings (SSSR count). The first-order chi connectivity index (χ1) is 10.6. The van der Waals surface area contributed by atoms with Crippen LogP contribution in [0.3, 0.4) is 0 Å². The molecule has 5 heteroatoms. The van der Waals surface area contributed by atoms with Crippen molar-refractivity contribution < 1.29 is 18.7 Å². The zero-order valence-corrected chi connectivity index (χ0v) is 14.2. The first kappa shape index (κ1) is 18.9. The van der Waals surface area contributed by atoms with E-state index in [1.165, 1.54) is 24.3 Å². The molecule has 0 radical (unpaired) electrons. The van der Waals surface area contributed by atoms with E-state index in [4.69, 9.17) is 4.74 Å². The zero-order valence-electron chi connectivity index (χ0n) is 14.2. The van der Waals surface area contributed by atoms with Crippen LogP contribution in [0.25, 0.3) is 6.08 Å². The van der Waals surface area contributed by atoms with E-state index in [1.807, 2.05) is 13.8 Å². The molecule has 1 atom stereocenters. The van der Waals surface area contributed by atoms with E-state index >= 15 is 0 Å². The number of ketones is 1. The molecule has 0 aliphatic rings. The second-order valence-corrected chi connectivity index (χ2v) is 6.66. The van der Waals surface area contributed by atoms with E-state index in [1.54, 1.807) is 32.9 Å². The molecule has 1 aromatic carbocycles. The molecule has 0 saturated heterocycles. The van der Waals surface area contributed by atoms with Gasteiger partial charge in [0, 0.05) is 0 Å². The van der Waals surface area contributed by atoms with Crippen LogP contribution in [0, 0.1) is 11.7 Å². The van der Waals surface area contributed by atoms with Gasteiger partial charge in [0.15, 0.2) is 5.78 Å². The Morgan fingerprint density at radius 2 is 1.91 bits per heavy atom. The first-order valence-electron chi connectivity index (χ1n) is 7.55. The van der Waals surface area contributed by atoms with Gasteiger partial charge in [0.05, 0.1) is 6.04 Å². The minimum absolute atomic E-state index is 0.104. The van der Waals surface area contributed by atoms with Crippen molar-refractivity contribution in [2.45, 2.75) is 46.3 Å². The molecule has 0 bridgehead atoms. The number of amides is 1. The van der Waals surface area contributed by atoms with Crippen molar-refractivity contribution in [3.63, 3.8) is 0 Å². The number of hydrogen-bond acceptors (Lipinski definition) is 3. The van der Waals surface area contributed by atoms with Gasteiger partial charge in [-0.3, -0.25) is 4.79 Å². The lowest BCUT2D eigenvalue weighted by Crippen LogP contribution is -2.45. The molecule has 0 aromatic heterocycles. The summed E-state index contributed by atoms with van der Waals surface area (Å²) in [6.45, 7) is 8.92. The second kappa shape index (κ2) is 7.90. The van der Waals surface area contributed by atoms with Crippen molar-refractivity contribution in [3.05, 3.63) is 41.7 Å². The van der Waals surface area contributed by atoms with E-state index in [2.05, 4.69) is 5.32 Å². The average molecular weight is 321 g/mol. The SMILES string of the molecule is CC(C)[C@H](NC(=O)OC(C)(C)C)C(=O)/C=C/c1cccc(F)c1. The lowest BCUT2D eigenvalue weighted by atomic mass is 9.99. The molecule has 4 nitrogen and oxygen atoms in total. The standard InChI is InChI=1S/C18H24FNO3/c1-12(2)16(20-17(22)23-18(3,4)5)15(21)10-9-13-7-6-8-14(19)11-13/h6-12,16H,1-5H3,(H,20,22)/b10-9+/t16-/m0/s1. The molecule has 0 heterocycles. The molecule has 23 heavy (non-hydrogen) atoms. The second-order valence-electron chi connectivity index (χ2n) is 6.66. The number of nitrogens with one attached hydrogen (secondary N) is 1. The molecule has 1 aromatic rings. The molecule has 1 amide bonds. The molecule has 0 unspecified atom stereocenters. The van der Waals surface area contributed by atoms with E-state index in [0.29, 0.717) is 5.56 Å². The molecule has 0 saturated carbocycles. The largest absolute Gasteiger partial charge is 0.444 e. The monoisotopic (exact) mass is 321 g/mol. The van der Waals surface area contributed by atoms with Gasteiger partial charge in [-0.1, -0.05) is 32.1 Å². The van der Waals surface area contributed by atoms with E-state index in [0.717, 1.165) is 0 Å². The van der Waals surface area contributed by atoms with Crippen molar-refractivity contribution in [2.75, 3.05) is 0 Å². The summed E-state index contributed by atoms with van der Waals surface area (Å²) in [5.74, 6) is -0.741. The predicted molar refractivity (Wildman–Crippen MR) is 88.4 cm³/mol. The predicted octanol–water partition coefficient (Wildman–Crippen LogP) is 3.96. The van der Waals surface area contributed by atoms with Crippen LogP contribution in [0.2, 0.25) is 0 Å². The molecule has 126 valence electrons. The minimum atomic E-state index is -0.699. The van der Waals surface area contributed by atoms with Gasteiger partial charge in [-0.05, 0) is 50.5 Å². The van der Waals surface area contributed by atoms with Crippen molar-refractivity contribution in [1.29, 1.82) is 0 Å². The smallest absolute Gasteiger partial charge is 0.408 e. The average Bonchev–Trinajstić information content (AvgIpc) is 2.40. The molecule has 1 N–H and O–H groups in total. The topological polar surface area (TPSA) is 55.4 Å². The molecular weight excluding hydrogens is 297 g/mol. The molecule has 0 spiro atoms. The Morgan fingerprint density at radius 3 is 2.43 bits per heavy atom. The van der Waals surface area contributed by atoms with Gasteiger partial charge in [0.2, 0.25) is 0 Å². The lowest BCUT2D eigenvalue weighted by molar-refractivity contribution is -0.117. The Hall–Kier alpha value is -2.17. The summed E-state index contributed by atoms with van der Waals surface area (Å²) in [5, 5.41) is 2.58. The van der Waals surface area contributed by atoms with Crippen molar-refractivity contribution in [2.24, 2.45) is 5.92 Å². The maximum absolute atomic E-state index is 13.1. The molecule has 0 aliphatic carbocycles. The number of ether oxygens (including phenoxy) is 1. The van der Waals surface area contributed by atoms with E-state index in [9.17, 15) is 14.0 Å². The summed E-state index contributed by atoms with van der Waals surface area (Å²) in [6, 6.07) is 5.22. The molecule has 0 aliphatic heterocycles. The summed E-state index contributed by atoms with van der Waals surface area (Å²) in [7, 11) is 0. The van der Waals surface area contributed by atoms with Crippen LogP contribution in [0.1, 0.15) is 40.2 Å². The Kier molecular flexibility index (Phi) is 6.49. The summed E-state index contributed by atoms with van der Waals surface area (Å²) in [5.41, 5.74) is -0.0513. The van der Waals surface area contributed by atoms with E-state index in [-0.39, 0.29) is 17.5 Å². The Bertz CT molecular complexity index is 588. The highest BCUT2D eigenvalue weighted by molar-refractivity contribution is 5.99. The number of rotatable bonds is 5. The van der Waals surface area contributed by atoms with Gasteiger partial charge >= 0.3 is 6.09 Å². The maximum atomic E-state index is 13.1. The summed E-state index contributed by atoms with van der Waals surface area (Å²) in [4.78, 5) is 24.1. The van der Waals surface area contributed by atoms with Crippen LogP contribution < -0.4 is 5.32 Å². The van der Waals surface area contributed by atoms with Crippen LogP contribution in [0.5, 0.6) is 0 Å². The van der Waals surface area contributed by atoms with Crippen LogP contribution in [-0.4, -0.2) is 23.5 Å². The number of hydrogen-bond donors (Lipinski definition) is 1. The minimum Gasteiger partial charge on any atom is -0.444 e. The van der Waals surface area contributed by atoms with Crippen LogP contribution in [-0.2, 0) is 9.53 Å². The number of halogens is 1. The molecule has 0 fully saturated rings. The van der Waals surface area contributed by atoms with Gasteiger partial charge in [0.1, 0.15) is 11.4 Å². The fourth-order valence-electron chi connectivity index (χ4n) is 1.89. The van der Waals surface area contributed by atoms with Crippen LogP contribution >= 0.6 is 0 Å². The summed E-state index contributed by atoms with van der Waals surface area (Å²) in [6.07, 6.45) is 2.23. The third-order valence-corrected chi connectivity index (χ3v) is 2.93. The van der Waals surface area contributed by atoms with E-state index < -0.39 is 17.7 Å². The van der Waals surface area contributed by atoms with Gasteiger partial charge in [-0.15, -0.1) is 0 Å². The van der Waals surface area contributed by atoms with Crippen LogP contribution in [0.15, 0.2) is 30.3 Å². The quantitative estimate of drug-likeness (QED) is 0.835. The lowest BCUT2D eigenvalue weighted by Gasteiger charge is -2.24. The number of carbonyl (C=O) groups is 2. The van der Waals surface area contributed by atoms with Gasteiger partial charge < -0.3 is 10.1 Å². The highest BCUT2D eigenvalue weighted by Crippen LogP contribution is 2.11. The summed E-state index contributed by atoms with van der Waals surface area (Å²) >= 11 is 0. The van der Waals surface area contributed by atoms with Crippen molar-refractivity contribution in [1.82, 2.24) is 5.32 Å². The van der Waals surface area contributed by atoms with Gasteiger partial charge in [-0.2, -0.15) is 0 Å².